The number of hydrogen-bond acceptors (Lipinski definition) is 19. The summed E-state index contributed by atoms with van der Waals surface area (Å²) in [6.07, 6.45) is -1.69. The Hall–Kier alpha value is -5.60. The summed E-state index contributed by atoms with van der Waals surface area (Å²) in [5.74, 6) is -9.08. The first-order valence-electron chi connectivity index (χ1n) is 21.7. The van der Waals surface area contributed by atoms with Gasteiger partial charge in [-0.1, -0.05) is 74.5 Å². The molecule has 2 aliphatic heterocycles. The van der Waals surface area contributed by atoms with Crippen molar-refractivity contribution in [1.82, 2.24) is 20.6 Å². The molecule has 0 saturated carbocycles. The van der Waals surface area contributed by atoms with Crippen molar-refractivity contribution >= 4 is 41.7 Å². The predicted molar refractivity (Wildman–Crippen MR) is 238 cm³/mol. The molecule has 6 rings (SSSR count). The number of rotatable bonds is 12. The van der Waals surface area contributed by atoms with Gasteiger partial charge in [0.25, 0.3) is 11.8 Å². The van der Waals surface area contributed by atoms with Gasteiger partial charge in [0.05, 0.1) is 26.1 Å². The van der Waals surface area contributed by atoms with Crippen LogP contribution >= 0.6 is 0 Å². The van der Waals surface area contributed by atoms with Crippen LogP contribution < -0.4 is 20.1 Å². The summed E-state index contributed by atoms with van der Waals surface area (Å²) in [6, 6.07) is 18.0. The van der Waals surface area contributed by atoms with Crippen molar-refractivity contribution in [3.05, 3.63) is 108 Å². The smallest absolute Gasteiger partial charge is 0.332 e. The van der Waals surface area contributed by atoms with Crippen molar-refractivity contribution in [1.29, 1.82) is 0 Å². The molecule has 71 heavy (non-hydrogen) atoms. The van der Waals surface area contributed by atoms with Crippen molar-refractivity contribution in [2.45, 2.75) is 77.0 Å². The zero-order chi connectivity index (χ0) is 50.4. The maximum absolute atomic E-state index is 13.2. The van der Waals surface area contributed by atoms with E-state index < -0.39 is 126 Å². The van der Waals surface area contributed by atoms with Gasteiger partial charge in [-0.2, -0.15) is 0 Å². The molecule has 374 valence electrons. The number of carbonyl (C=O) groups is 7. The summed E-state index contributed by atoms with van der Waals surface area (Å²) in [5.41, 5.74) is 0.823. The van der Waals surface area contributed by atoms with Gasteiger partial charge in [-0.25, -0.2) is 19.6 Å². The topological polar surface area (TPSA) is 295 Å². The van der Waals surface area contributed by atoms with Crippen molar-refractivity contribution in [2.75, 3.05) is 27.4 Å². The molecule has 8 atom stereocenters. The number of aliphatic hydroxyl groups is 1. The van der Waals surface area contributed by atoms with Crippen LogP contribution in [-0.4, -0.2) is 131 Å². The van der Waals surface area contributed by atoms with Crippen LogP contribution in [0.5, 0.6) is 23.0 Å². The number of nitrogens with one attached hydrogen (secondary N) is 2. The van der Waals surface area contributed by atoms with Gasteiger partial charge in [-0.3, -0.25) is 24.0 Å². The third kappa shape index (κ3) is 16.2. The molecule has 0 aliphatic carbocycles. The molecule has 4 aromatic rings. The number of pyridine rings is 2. The Morgan fingerprint density at radius 2 is 1.06 bits per heavy atom. The van der Waals surface area contributed by atoms with Gasteiger partial charge < -0.3 is 59.1 Å². The molecule has 21 nitrogen and oxygen atoms in total. The summed E-state index contributed by atoms with van der Waals surface area (Å²) in [6.45, 7) is 5.18. The molecule has 0 spiro atoms. The van der Waals surface area contributed by atoms with Crippen LogP contribution in [0.25, 0.3) is 0 Å². The molecule has 2 radical (unpaired) electrons. The standard InChI is InChI=1S/C26H30N2O9.C22H24N2O8.2Y/c1-14(2)24(31)37-22-15(3)36-26(33)18(28-23(30)20-21(29)19(34-4)10-11-27-20)13-35-25(32)17(22)12-16-8-6-5-7-9-16;1-12-18(25)14(10-13-6-4-3-5-7-13)21(28)31-11-15(22(29)32-12)24-20(27)17-19(26)16(30-2)8-9-23-17;;/h5-11,14-15,17-18,22,29H,12-13H2,1-4H3,(H,28,30);3-9,12,14-15,18,25-26H,10-11H2,1-2H3,(H,24,27);;/t15-,17+,18-,22-;12-,14+,15-,18-;;/m00../s1. The molecule has 2 aromatic carbocycles. The Balaban J connectivity index is 0.000000368. The molecule has 2 aromatic heterocycles. The second-order valence-corrected chi connectivity index (χ2v) is 16.2. The van der Waals surface area contributed by atoms with E-state index in [9.17, 15) is 48.9 Å². The van der Waals surface area contributed by atoms with E-state index >= 15 is 0 Å². The third-order valence-corrected chi connectivity index (χ3v) is 10.9. The Morgan fingerprint density at radius 3 is 1.48 bits per heavy atom. The molecule has 2 aliphatic rings. The predicted octanol–water partition coefficient (Wildman–Crippen LogP) is 2.41. The van der Waals surface area contributed by atoms with E-state index in [1.165, 1.54) is 52.6 Å². The minimum atomic E-state index is -1.41. The third-order valence-electron chi connectivity index (χ3n) is 10.9. The van der Waals surface area contributed by atoms with Gasteiger partial charge >= 0.3 is 29.8 Å². The van der Waals surface area contributed by atoms with Crippen LogP contribution in [-0.2, 0) is 126 Å². The van der Waals surface area contributed by atoms with Crippen LogP contribution in [0.3, 0.4) is 0 Å². The van der Waals surface area contributed by atoms with Gasteiger partial charge in [0.15, 0.2) is 52.6 Å². The van der Waals surface area contributed by atoms with Gasteiger partial charge in [-0.05, 0) is 37.8 Å². The van der Waals surface area contributed by atoms with Crippen LogP contribution in [0.4, 0.5) is 0 Å². The molecule has 5 N–H and O–H groups in total. The Morgan fingerprint density at radius 1 is 0.648 bits per heavy atom. The van der Waals surface area contributed by atoms with Crippen molar-refractivity contribution in [3.63, 3.8) is 0 Å². The number of methoxy groups -OCH3 is 2. The van der Waals surface area contributed by atoms with Gasteiger partial charge in [0.1, 0.15) is 37.4 Å². The molecule has 2 fully saturated rings. The summed E-state index contributed by atoms with van der Waals surface area (Å²) in [4.78, 5) is 96.9. The number of carbonyl (C=O) groups excluding carboxylic acids is 7. The fourth-order valence-electron chi connectivity index (χ4n) is 7.05. The van der Waals surface area contributed by atoms with Crippen LogP contribution in [0.2, 0.25) is 0 Å². The average Bonchev–Trinajstić information content (AvgIpc) is 3.39. The molecular formula is C48H54N4O17Y2. The second kappa shape index (κ2) is 28.4. The number of esters is 5. The van der Waals surface area contributed by atoms with E-state index in [0.717, 1.165) is 11.1 Å². The fourth-order valence-corrected chi connectivity index (χ4v) is 7.05. The van der Waals surface area contributed by atoms with Crippen LogP contribution in [0.15, 0.2) is 85.2 Å². The number of aromatic nitrogens is 2. The molecule has 2 amide bonds. The largest absolute Gasteiger partial charge is 0.503 e. The number of ether oxygens (including phenoxy) is 7. The van der Waals surface area contributed by atoms with Crippen molar-refractivity contribution < 1.29 is 147 Å². The maximum Gasteiger partial charge on any atom is 0.332 e. The normalized spacial score (nSPS) is 22.2. The molecule has 4 heterocycles. The zero-order valence-electron chi connectivity index (χ0n) is 39.7. The number of benzene rings is 2. The average molecular weight is 1140 g/mol. The summed E-state index contributed by atoms with van der Waals surface area (Å²) in [7, 11) is 2.62. The SMILES string of the molecule is COc1ccnc(C(=O)N[C@H]2COC(=O)[C@H](Cc3ccccc3)[C@@H](O)[C@H](C)OC2=O)c1O.COc1ccnc(C(=O)N[C@H]2COC(=O)[C@H](Cc3ccccc3)[C@@H](OC(=O)C(C)C)[C@H](C)OC2=O)c1O.[Y].[Y]. The Bertz CT molecular complexity index is 2470. The van der Waals surface area contributed by atoms with Gasteiger partial charge in [-0.15, -0.1) is 0 Å². The summed E-state index contributed by atoms with van der Waals surface area (Å²) in [5, 5.41) is 35.7. The first-order chi connectivity index (χ1) is 32.9. The number of nitrogens with zero attached hydrogens (tertiary/aromatic N) is 2. The number of amides is 2. The first-order valence-corrected chi connectivity index (χ1v) is 21.7. The van der Waals surface area contributed by atoms with E-state index in [1.54, 1.807) is 38.1 Å². The Labute approximate surface area is 459 Å². The van der Waals surface area contributed by atoms with E-state index in [-0.39, 0.29) is 95.5 Å². The van der Waals surface area contributed by atoms with Crippen LogP contribution in [0, 0.1) is 17.8 Å². The molecule has 23 heteroatoms. The van der Waals surface area contributed by atoms with Gasteiger partial charge in [0.2, 0.25) is 0 Å². The second-order valence-electron chi connectivity index (χ2n) is 16.2. The van der Waals surface area contributed by atoms with Gasteiger partial charge in [0, 0.05) is 89.9 Å². The van der Waals surface area contributed by atoms with Crippen molar-refractivity contribution in [3.8, 4) is 23.0 Å². The fraction of sp³-hybridized carbons (Fsp3) is 0.396. The molecular weight excluding hydrogens is 1080 g/mol. The van der Waals surface area contributed by atoms with Crippen LogP contribution in [0.1, 0.15) is 59.8 Å². The first kappa shape index (κ1) is 59.7. The van der Waals surface area contributed by atoms with E-state index in [4.69, 9.17) is 33.2 Å². The summed E-state index contributed by atoms with van der Waals surface area (Å²) >= 11 is 0. The van der Waals surface area contributed by atoms with E-state index in [2.05, 4.69) is 20.6 Å². The van der Waals surface area contributed by atoms with Crippen molar-refractivity contribution in [2.24, 2.45) is 17.8 Å². The molecule has 0 unspecified atom stereocenters. The monoisotopic (exact) mass is 1140 g/mol. The number of aliphatic hydroxyl groups excluding tert-OH is 1. The number of hydrogen-bond donors (Lipinski definition) is 5. The molecule has 2 saturated heterocycles. The number of aromatic hydroxyl groups is 2. The maximum atomic E-state index is 13.2. The van der Waals surface area contributed by atoms with E-state index in [0.29, 0.717) is 0 Å². The van der Waals surface area contributed by atoms with E-state index in [1.807, 2.05) is 36.4 Å². The minimum Gasteiger partial charge on any atom is -0.503 e. The zero-order valence-corrected chi connectivity index (χ0v) is 45.4. The Kier molecular flexibility index (Phi) is 23.9. The number of cyclic esters (lactones) is 4. The quantitative estimate of drug-likeness (QED) is 0.101. The minimum absolute atomic E-state index is 0. The summed E-state index contributed by atoms with van der Waals surface area (Å²) < 4.78 is 37.0. The molecule has 0 bridgehead atoms.